The van der Waals surface area contributed by atoms with Gasteiger partial charge in [0.25, 0.3) is 0 Å². The van der Waals surface area contributed by atoms with Crippen molar-refractivity contribution in [2.45, 2.75) is 6.54 Å². The van der Waals surface area contributed by atoms with Crippen molar-refractivity contribution >= 4 is 27.3 Å². The first-order valence-corrected chi connectivity index (χ1v) is 5.24. The third-order valence-electron chi connectivity index (χ3n) is 1.44. The standard InChI is InChI=1S/C9H10BrNS/c1-3-4-11(2)6-8-5-9(10)12-7-8/h1,5,7H,4,6H2,2H3. The Morgan fingerprint density at radius 2 is 2.50 bits per heavy atom. The van der Waals surface area contributed by atoms with Crippen molar-refractivity contribution in [2.24, 2.45) is 0 Å². The van der Waals surface area contributed by atoms with E-state index in [2.05, 4.69) is 38.2 Å². The minimum absolute atomic E-state index is 0.702. The van der Waals surface area contributed by atoms with Gasteiger partial charge >= 0.3 is 0 Å². The molecule has 3 heteroatoms. The summed E-state index contributed by atoms with van der Waals surface area (Å²) in [7, 11) is 2.02. The van der Waals surface area contributed by atoms with Gasteiger partial charge in [0.2, 0.25) is 0 Å². The lowest BCUT2D eigenvalue weighted by Gasteiger charge is -2.10. The number of terminal acetylenes is 1. The molecule has 1 nitrogen and oxygen atoms in total. The summed E-state index contributed by atoms with van der Waals surface area (Å²) in [5.74, 6) is 2.61. The molecule has 1 rings (SSSR count). The summed E-state index contributed by atoms with van der Waals surface area (Å²) in [4.78, 5) is 2.11. The first-order valence-electron chi connectivity index (χ1n) is 3.57. The lowest BCUT2D eigenvalue weighted by Crippen LogP contribution is -2.17. The van der Waals surface area contributed by atoms with E-state index in [1.807, 2.05) is 7.05 Å². The van der Waals surface area contributed by atoms with Crippen LogP contribution in [0.15, 0.2) is 15.2 Å². The van der Waals surface area contributed by atoms with Crippen molar-refractivity contribution in [3.05, 3.63) is 20.8 Å². The summed E-state index contributed by atoms with van der Waals surface area (Å²) in [6.07, 6.45) is 5.19. The molecule has 12 heavy (non-hydrogen) atoms. The van der Waals surface area contributed by atoms with Gasteiger partial charge in [-0.05, 0) is 40.0 Å². The maximum absolute atomic E-state index is 5.19. The molecule has 1 aromatic rings. The van der Waals surface area contributed by atoms with E-state index in [1.165, 1.54) is 9.35 Å². The van der Waals surface area contributed by atoms with Crippen LogP contribution in [0.4, 0.5) is 0 Å². The first-order chi connectivity index (χ1) is 5.72. The highest BCUT2D eigenvalue weighted by molar-refractivity contribution is 9.11. The van der Waals surface area contributed by atoms with E-state index in [-0.39, 0.29) is 0 Å². The van der Waals surface area contributed by atoms with Crippen LogP contribution in [0, 0.1) is 12.3 Å². The topological polar surface area (TPSA) is 3.24 Å². The predicted octanol–water partition coefficient (Wildman–Crippen LogP) is 2.58. The van der Waals surface area contributed by atoms with Crippen molar-refractivity contribution < 1.29 is 0 Å². The Morgan fingerprint density at radius 3 is 3.00 bits per heavy atom. The van der Waals surface area contributed by atoms with Crippen molar-refractivity contribution in [3.63, 3.8) is 0 Å². The zero-order valence-electron chi connectivity index (χ0n) is 6.88. The minimum atomic E-state index is 0.702. The van der Waals surface area contributed by atoms with E-state index in [9.17, 15) is 0 Å². The Morgan fingerprint density at radius 1 is 1.75 bits per heavy atom. The Hall–Kier alpha value is -0.300. The molecule has 0 aliphatic carbocycles. The normalized spacial score (nSPS) is 10.2. The van der Waals surface area contributed by atoms with Crippen molar-refractivity contribution in [1.29, 1.82) is 0 Å². The highest BCUT2D eigenvalue weighted by Crippen LogP contribution is 2.21. The fourth-order valence-corrected chi connectivity index (χ4v) is 2.15. The maximum atomic E-state index is 5.19. The fraction of sp³-hybridized carbons (Fsp3) is 0.333. The van der Waals surface area contributed by atoms with E-state index in [4.69, 9.17) is 6.42 Å². The van der Waals surface area contributed by atoms with Gasteiger partial charge in [-0.15, -0.1) is 17.8 Å². The second kappa shape index (κ2) is 4.66. The van der Waals surface area contributed by atoms with Gasteiger partial charge in [0.15, 0.2) is 0 Å². The Kier molecular flexibility index (Phi) is 3.80. The average molecular weight is 244 g/mol. The van der Waals surface area contributed by atoms with Crippen LogP contribution in [0.3, 0.4) is 0 Å². The van der Waals surface area contributed by atoms with Gasteiger partial charge in [-0.3, -0.25) is 4.90 Å². The van der Waals surface area contributed by atoms with Crippen LogP contribution < -0.4 is 0 Å². The average Bonchev–Trinajstić information content (AvgIpc) is 2.36. The minimum Gasteiger partial charge on any atom is -0.291 e. The van der Waals surface area contributed by atoms with E-state index in [0.717, 1.165) is 6.54 Å². The van der Waals surface area contributed by atoms with E-state index in [1.54, 1.807) is 11.3 Å². The van der Waals surface area contributed by atoms with E-state index in [0.29, 0.717) is 6.54 Å². The van der Waals surface area contributed by atoms with Crippen LogP contribution >= 0.6 is 27.3 Å². The Bertz CT molecular complexity index is 287. The van der Waals surface area contributed by atoms with Gasteiger partial charge < -0.3 is 0 Å². The van der Waals surface area contributed by atoms with Crippen molar-refractivity contribution in [2.75, 3.05) is 13.6 Å². The summed E-state index contributed by atoms with van der Waals surface area (Å²) in [6.45, 7) is 1.62. The molecule has 0 bridgehead atoms. The summed E-state index contributed by atoms with van der Waals surface area (Å²) >= 11 is 5.12. The molecular weight excluding hydrogens is 234 g/mol. The molecule has 0 atom stereocenters. The van der Waals surface area contributed by atoms with Crippen LogP contribution in [0.1, 0.15) is 5.56 Å². The Labute approximate surface area is 85.5 Å². The SMILES string of the molecule is C#CCN(C)Cc1csc(Br)c1. The molecule has 0 aliphatic rings. The molecule has 1 heterocycles. The molecule has 0 N–H and O–H groups in total. The number of hydrogen-bond donors (Lipinski definition) is 0. The molecule has 0 fully saturated rings. The molecule has 0 aliphatic heterocycles. The molecular formula is C9H10BrNS. The quantitative estimate of drug-likeness (QED) is 0.738. The molecule has 64 valence electrons. The highest BCUT2D eigenvalue weighted by Gasteiger charge is 2.00. The molecule has 0 amide bonds. The number of hydrogen-bond acceptors (Lipinski definition) is 2. The molecule has 1 aromatic heterocycles. The largest absolute Gasteiger partial charge is 0.291 e. The fourth-order valence-electron chi connectivity index (χ4n) is 0.952. The summed E-state index contributed by atoms with van der Waals surface area (Å²) in [5, 5.41) is 2.14. The first kappa shape index (κ1) is 9.79. The second-order valence-corrected chi connectivity index (χ2v) is 4.93. The summed E-state index contributed by atoms with van der Waals surface area (Å²) < 4.78 is 1.17. The van der Waals surface area contributed by atoms with E-state index < -0.39 is 0 Å². The molecule has 0 saturated heterocycles. The van der Waals surface area contributed by atoms with Gasteiger partial charge in [0.1, 0.15) is 0 Å². The number of rotatable bonds is 3. The lowest BCUT2D eigenvalue weighted by molar-refractivity contribution is 0.369. The highest BCUT2D eigenvalue weighted by atomic mass is 79.9. The molecule has 0 unspecified atom stereocenters. The van der Waals surface area contributed by atoms with Gasteiger partial charge in [-0.25, -0.2) is 0 Å². The molecule has 0 spiro atoms. The third kappa shape index (κ3) is 2.98. The number of nitrogens with zero attached hydrogens (tertiary/aromatic N) is 1. The van der Waals surface area contributed by atoms with Crippen molar-refractivity contribution in [1.82, 2.24) is 4.90 Å². The molecule has 0 aromatic carbocycles. The smallest absolute Gasteiger partial charge is 0.0701 e. The monoisotopic (exact) mass is 243 g/mol. The summed E-state index contributed by atoms with van der Waals surface area (Å²) in [5.41, 5.74) is 1.31. The van der Waals surface area contributed by atoms with Crippen molar-refractivity contribution in [3.8, 4) is 12.3 Å². The maximum Gasteiger partial charge on any atom is 0.0701 e. The van der Waals surface area contributed by atoms with Crippen LogP contribution in [0.25, 0.3) is 0 Å². The van der Waals surface area contributed by atoms with Crippen LogP contribution in [0.2, 0.25) is 0 Å². The van der Waals surface area contributed by atoms with Gasteiger partial charge in [0.05, 0.1) is 10.3 Å². The third-order valence-corrected chi connectivity index (χ3v) is 2.99. The zero-order valence-corrected chi connectivity index (χ0v) is 9.28. The van der Waals surface area contributed by atoms with Gasteiger partial charge in [-0.1, -0.05) is 5.92 Å². The van der Waals surface area contributed by atoms with Gasteiger partial charge in [0, 0.05) is 6.54 Å². The van der Waals surface area contributed by atoms with E-state index >= 15 is 0 Å². The predicted molar refractivity (Wildman–Crippen MR) is 57.2 cm³/mol. The molecule has 0 radical (unpaired) electrons. The second-order valence-electron chi connectivity index (χ2n) is 2.64. The Balaban J connectivity index is 2.47. The van der Waals surface area contributed by atoms with Gasteiger partial charge in [-0.2, -0.15) is 0 Å². The zero-order chi connectivity index (χ0) is 8.97. The number of thiophene rings is 1. The molecule has 0 saturated carbocycles. The lowest BCUT2D eigenvalue weighted by atomic mass is 10.3. The van der Waals surface area contributed by atoms with Crippen LogP contribution in [0.5, 0.6) is 0 Å². The summed E-state index contributed by atoms with van der Waals surface area (Å²) in [6, 6.07) is 2.12. The van der Waals surface area contributed by atoms with Crippen LogP contribution in [-0.2, 0) is 6.54 Å². The van der Waals surface area contributed by atoms with Crippen LogP contribution in [-0.4, -0.2) is 18.5 Å². The number of halogens is 1.